The normalized spacial score (nSPS) is 11.5. The molecule has 0 spiro atoms. The van der Waals surface area contributed by atoms with Crippen LogP contribution in [0, 0.1) is 6.92 Å². The van der Waals surface area contributed by atoms with Gasteiger partial charge >= 0.3 is 0 Å². The molecule has 4 aromatic rings. The smallest absolute Gasteiger partial charge is 0.223 e. The highest BCUT2D eigenvalue weighted by Gasteiger charge is 2.20. The Labute approximate surface area is 153 Å². The molecule has 0 aromatic carbocycles. The van der Waals surface area contributed by atoms with Gasteiger partial charge in [0, 0.05) is 32.7 Å². The molecule has 9 heteroatoms. The number of aromatic nitrogens is 6. The Morgan fingerprint density at radius 2 is 2.12 bits per heavy atom. The molecule has 0 unspecified atom stereocenters. The first-order valence-corrected chi connectivity index (χ1v) is 8.90. The van der Waals surface area contributed by atoms with Crippen LogP contribution in [0.25, 0.3) is 32.4 Å². The van der Waals surface area contributed by atoms with Crippen LogP contribution in [-0.4, -0.2) is 48.1 Å². The van der Waals surface area contributed by atoms with E-state index in [2.05, 4.69) is 20.1 Å². The predicted molar refractivity (Wildman–Crippen MR) is 99.1 cm³/mol. The summed E-state index contributed by atoms with van der Waals surface area (Å²) in [6.45, 7) is 3.24. The molecule has 8 nitrogen and oxygen atoms in total. The van der Waals surface area contributed by atoms with Gasteiger partial charge < -0.3 is 14.4 Å². The van der Waals surface area contributed by atoms with E-state index < -0.39 is 0 Å². The van der Waals surface area contributed by atoms with Crippen molar-refractivity contribution < 1.29 is 9.84 Å². The van der Waals surface area contributed by atoms with Gasteiger partial charge in [0.05, 0.1) is 23.4 Å². The summed E-state index contributed by atoms with van der Waals surface area (Å²) in [6.07, 6.45) is 5.42. The number of rotatable bonds is 5. The molecule has 26 heavy (non-hydrogen) atoms. The van der Waals surface area contributed by atoms with Crippen LogP contribution in [0.2, 0.25) is 0 Å². The number of hydrogen-bond acceptors (Lipinski definition) is 7. The lowest BCUT2D eigenvalue weighted by Gasteiger charge is -2.02. The molecule has 4 rings (SSSR count). The number of nitrogens with zero attached hydrogens (tertiary/aromatic N) is 6. The number of imidazole rings is 1. The van der Waals surface area contributed by atoms with Crippen molar-refractivity contribution in [1.82, 2.24) is 29.3 Å². The van der Waals surface area contributed by atoms with Crippen LogP contribution >= 0.6 is 11.3 Å². The summed E-state index contributed by atoms with van der Waals surface area (Å²) < 4.78 is 8.75. The van der Waals surface area contributed by atoms with E-state index >= 15 is 0 Å². The van der Waals surface area contributed by atoms with Crippen LogP contribution in [0.15, 0.2) is 24.7 Å². The van der Waals surface area contributed by atoms with Crippen LogP contribution in [0.1, 0.15) is 5.56 Å². The molecule has 0 aliphatic carbocycles. The molecule has 134 valence electrons. The summed E-state index contributed by atoms with van der Waals surface area (Å²) in [7, 11) is 3.53. The highest BCUT2D eigenvalue weighted by molar-refractivity contribution is 7.22. The average molecular weight is 370 g/mol. The molecule has 0 amide bonds. The molecule has 0 aliphatic heterocycles. The summed E-state index contributed by atoms with van der Waals surface area (Å²) in [5.41, 5.74) is 1.77. The van der Waals surface area contributed by atoms with Crippen LogP contribution in [-0.2, 0) is 18.3 Å². The van der Waals surface area contributed by atoms with E-state index in [4.69, 9.17) is 4.74 Å². The molecule has 0 aliphatic rings. The van der Waals surface area contributed by atoms with Crippen LogP contribution in [0.4, 0.5) is 0 Å². The largest absolute Gasteiger partial charge is 0.493 e. The lowest BCUT2D eigenvalue weighted by Crippen LogP contribution is -2.04. The van der Waals surface area contributed by atoms with Crippen LogP contribution in [0.5, 0.6) is 5.88 Å². The highest BCUT2D eigenvalue weighted by atomic mass is 32.1. The summed E-state index contributed by atoms with van der Waals surface area (Å²) in [4.78, 5) is 14.8. The number of aromatic hydroxyl groups is 1. The second-order valence-corrected chi connectivity index (χ2v) is 6.92. The lowest BCUT2D eigenvalue weighted by atomic mass is 10.2. The zero-order valence-corrected chi connectivity index (χ0v) is 15.5. The number of hydrogen-bond donors (Lipinski definition) is 1. The molecule has 0 fully saturated rings. The first kappa shape index (κ1) is 16.7. The van der Waals surface area contributed by atoms with E-state index in [0.29, 0.717) is 30.2 Å². The number of fused-ring (bicyclic) bond motifs is 1. The van der Waals surface area contributed by atoms with E-state index in [0.717, 1.165) is 21.0 Å². The summed E-state index contributed by atoms with van der Waals surface area (Å²) in [5, 5.41) is 15.7. The van der Waals surface area contributed by atoms with Crippen molar-refractivity contribution >= 4 is 21.6 Å². The van der Waals surface area contributed by atoms with E-state index in [1.165, 1.54) is 11.3 Å². The minimum Gasteiger partial charge on any atom is -0.493 e. The molecule has 4 aromatic heterocycles. The number of ether oxygens (including phenoxy) is 1. The van der Waals surface area contributed by atoms with Crippen molar-refractivity contribution in [2.45, 2.75) is 13.5 Å². The second kappa shape index (κ2) is 6.50. The molecule has 1 N–H and O–H groups in total. The minimum atomic E-state index is -0.0354. The molecule has 0 atom stereocenters. The van der Waals surface area contributed by atoms with Gasteiger partial charge in [0.25, 0.3) is 0 Å². The molecule has 4 heterocycles. The van der Waals surface area contributed by atoms with E-state index in [-0.39, 0.29) is 5.88 Å². The Morgan fingerprint density at radius 3 is 2.85 bits per heavy atom. The van der Waals surface area contributed by atoms with Gasteiger partial charge in [0.1, 0.15) is 10.5 Å². The van der Waals surface area contributed by atoms with E-state index in [1.807, 2.05) is 41.7 Å². The molecule has 0 saturated heterocycles. The van der Waals surface area contributed by atoms with Crippen molar-refractivity contribution in [3.05, 3.63) is 30.2 Å². The Morgan fingerprint density at radius 1 is 1.27 bits per heavy atom. The third-order valence-electron chi connectivity index (χ3n) is 4.19. The van der Waals surface area contributed by atoms with Gasteiger partial charge in [0.15, 0.2) is 5.82 Å². The fourth-order valence-electron chi connectivity index (χ4n) is 2.84. The number of methoxy groups -OCH3 is 1. The van der Waals surface area contributed by atoms with E-state index in [1.54, 1.807) is 13.3 Å². The third-order valence-corrected chi connectivity index (χ3v) is 5.40. The first-order chi connectivity index (χ1) is 12.6. The maximum Gasteiger partial charge on any atom is 0.223 e. The fraction of sp³-hybridized carbons (Fsp3) is 0.294. The van der Waals surface area contributed by atoms with Gasteiger partial charge in [-0.3, -0.25) is 4.68 Å². The quantitative estimate of drug-likeness (QED) is 0.581. The summed E-state index contributed by atoms with van der Waals surface area (Å²) >= 11 is 1.49. The maximum absolute atomic E-state index is 10.5. The van der Waals surface area contributed by atoms with Crippen molar-refractivity contribution in [1.29, 1.82) is 0 Å². The van der Waals surface area contributed by atoms with Crippen molar-refractivity contribution in [2.75, 3.05) is 13.7 Å². The predicted octanol–water partition coefficient (Wildman–Crippen LogP) is 2.62. The minimum absolute atomic E-state index is 0.0354. The Bertz CT molecular complexity index is 1080. The Kier molecular flexibility index (Phi) is 4.17. The van der Waals surface area contributed by atoms with Gasteiger partial charge in [-0.25, -0.2) is 9.97 Å². The third kappa shape index (κ3) is 2.74. The maximum atomic E-state index is 10.5. The topological polar surface area (TPSA) is 90.9 Å². The van der Waals surface area contributed by atoms with Crippen molar-refractivity contribution in [3.8, 4) is 28.1 Å². The van der Waals surface area contributed by atoms with Crippen molar-refractivity contribution in [2.24, 2.45) is 7.05 Å². The molecular formula is C17H18N6O2S. The first-order valence-electron chi connectivity index (χ1n) is 8.09. The van der Waals surface area contributed by atoms with Gasteiger partial charge in [-0.1, -0.05) is 0 Å². The van der Waals surface area contributed by atoms with Gasteiger partial charge in [-0.05, 0) is 18.6 Å². The number of aryl methyl sites for hydroxylation is 2. The van der Waals surface area contributed by atoms with Crippen LogP contribution in [0.3, 0.4) is 0 Å². The summed E-state index contributed by atoms with van der Waals surface area (Å²) in [5.74, 6) is 0.978. The average Bonchev–Trinajstić information content (AvgIpc) is 3.32. The highest BCUT2D eigenvalue weighted by Crippen LogP contribution is 2.40. The summed E-state index contributed by atoms with van der Waals surface area (Å²) in [6, 6.07) is 1.96. The van der Waals surface area contributed by atoms with E-state index in [9.17, 15) is 5.11 Å². The number of thiophene rings is 1. The van der Waals surface area contributed by atoms with Gasteiger partial charge in [0.2, 0.25) is 11.7 Å². The molecule has 0 saturated carbocycles. The lowest BCUT2D eigenvalue weighted by molar-refractivity contribution is 0.183. The zero-order valence-electron chi connectivity index (χ0n) is 14.7. The monoisotopic (exact) mass is 370 g/mol. The Hall–Kier alpha value is -2.78. The fourth-order valence-corrected chi connectivity index (χ4v) is 3.98. The molecule has 0 bridgehead atoms. The molecular weight excluding hydrogens is 352 g/mol. The second-order valence-electron chi connectivity index (χ2n) is 5.93. The standard InChI is InChI=1S/C17H18N6O2S/c1-10-12-16(24)19-14(15-18-5-7-22(15)2)20-17(12)26-13(10)11-4-6-23(21-11)8-9-25-3/h4-7H,8-9H2,1-3H3,(H,19,20,24). The zero-order chi connectivity index (χ0) is 18.3. The SMILES string of the molecule is COCCn1ccc(-c2sc3nc(-c4nccn4C)nc(O)c3c2C)n1. The van der Waals surface area contributed by atoms with Gasteiger partial charge in [-0.2, -0.15) is 10.1 Å². The van der Waals surface area contributed by atoms with Gasteiger partial charge in [-0.15, -0.1) is 11.3 Å². The Balaban J connectivity index is 1.80. The van der Waals surface area contributed by atoms with Crippen molar-refractivity contribution in [3.63, 3.8) is 0 Å². The van der Waals surface area contributed by atoms with Crippen LogP contribution < -0.4 is 0 Å². The molecule has 0 radical (unpaired) electrons.